The van der Waals surface area contributed by atoms with Crippen molar-refractivity contribution in [2.75, 3.05) is 36.0 Å². The first-order valence-electron chi connectivity index (χ1n) is 8.76. The molecule has 0 radical (unpaired) electrons. The van der Waals surface area contributed by atoms with Crippen LogP contribution in [0.1, 0.15) is 0 Å². The molecule has 0 saturated carbocycles. The molecule has 8 heteroatoms. The summed E-state index contributed by atoms with van der Waals surface area (Å²) in [6, 6.07) is 14.7. The maximum atomic E-state index is 13.0. The van der Waals surface area contributed by atoms with Gasteiger partial charge >= 0.3 is 0 Å². The van der Waals surface area contributed by atoms with Crippen molar-refractivity contribution in [1.29, 1.82) is 0 Å². The average molecular weight is 437 g/mol. The lowest BCUT2D eigenvalue weighted by atomic mass is 10.2. The van der Waals surface area contributed by atoms with Crippen LogP contribution in [0.5, 0.6) is 0 Å². The standard InChI is InChI=1S/C20H16Cl3N3O2/c21-15-7-6-14(12-16(15)22)26-19(27)17(23)18(20(26)28)25-10-8-24(9-11-25)13-4-2-1-3-5-13/h1-7,12H,8-11H2. The summed E-state index contributed by atoms with van der Waals surface area (Å²) in [5.41, 5.74) is 1.72. The van der Waals surface area contributed by atoms with Gasteiger partial charge < -0.3 is 9.80 Å². The van der Waals surface area contributed by atoms with E-state index in [1.54, 1.807) is 12.1 Å². The summed E-state index contributed by atoms with van der Waals surface area (Å²) >= 11 is 18.3. The van der Waals surface area contributed by atoms with Gasteiger partial charge in [0.05, 0.1) is 15.7 Å². The maximum Gasteiger partial charge on any atom is 0.283 e. The Labute approximate surface area is 177 Å². The quantitative estimate of drug-likeness (QED) is 0.678. The largest absolute Gasteiger partial charge is 0.368 e. The molecule has 4 rings (SSSR count). The van der Waals surface area contributed by atoms with Crippen LogP contribution in [0.4, 0.5) is 11.4 Å². The number of halogens is 3. The Morgan fingerprint density at radius 2 is 1.32 bits per heavy atom. The third-order valence-electron chi connectivity index (χ3n) is 4.88. The molecular formula is C20H16Cl3N3O2. The number of imide groups is 1. The third kappa shape index (κ3) is 3.34. The van der Waals surface area contributed by atoms with Crippen molar-refractivity contribution in [3.05, 3.63) is 69.3 Å². The Hall–Kier alpha value is -2.21. The summed E-state index contributed by atoms with van der Waals surface area (Å²) < 4.78 is 0. The molecule has 5 nitrogen and oxygen atoms in total. The van der Waals surface area contributed by atoms with Crippen LogP contribution in [0.2, 0.25) is 10.0 Å². The molecule has 0 unspecified atom stereocenters. The zero-order chi connectivity index (χ0) is 19.8. The number of hydrogen-bond donors (Lipinski definition) is 0. The molecule has 2 amide bonds. The number of carbonyl (C=O) groups excluding carboxylic acids is 2. The highest BCUT2D eigenvalue weighted by Gasteiger charge is 2.42. The second-order valence-electron chi connectivity index (χ2n) is 6.52. The molecule has 0 spiro atoms. The summed E-state index contributed by atoms with van der Waals surface area (Å²) in [4.78, 5) is 30.8. The minimum absolute atomic E-state index is 0.0655. The van der Waals surface area contributed by atoms with Crippen LogP contribution >= 0.6 is 34.8 Å². The van der Waals surface area contributed by atoms with Crippen molar-refractivity contribution in [1.82, 2.24) is 4.90 Å². The van der Waals surface area contributed by atoms with Gasteiger partial charge in [0.15, 0.2) is 0 Å². The Morgan fingerprint density at radius 3 is 1.96 bits per heavy atom. The van der Waals surface area contributed by atoms with Gasteiger partial charge in [-0.25, -0.2) is 4.90 Å². The van der Waals surface area contributed by atoms with E-state index >= 15 is 0 Å². The Morgan fingerprint density at radius 1 is 0.679 bits per heavy atom. The molecule has 1 saturated heterocycles. The van der Waals surface area contributed by atoms with E-state index in [4.69, 9.17) is 34.8 Å². The Balaban J connectivity index is 1.53. The Kier molecular flexibility index (Phi) is 5.23. The lowest BCUT2D eigenvalue weighted by Crippen LogP contribution is -2.47. The van der Waals surface area contributed by atoms with Crippen LogP contribution in [0, 0.1) is 0 Å². The zero-order valence-electron chi connectivity index (χ0n) is 14.7. The van der Waals surface area contributed by atoms with Gasteiger partial charge in [0.1, 0.15) is 10.7 Å². The molecule has 2 aromatic rings. The summed E-state index contributed by atoms with van der Waals surface area (Å²) in [7, 11) is 0. The van der Waals surface area contributed by atoms with E-state index in [-0.39, 0.29) is 15.8 Å². The van der Waals surface area contributed by atoms with Gasteiger partial charge in [0.2, 0.25) is 0 Å². The van der Waals surface area contributed by atoms with Crippen LogP contribution in [0.25, 0.3) is 0 Å². The number of benzene rings is 2. The number of nitrogens with zero attached hydrogens (tertiary/aromatic N) is 3. The smallest absolute Gasteiger partial charge is 0.283 e. The van der Waals surface area contributed by atoms with E-state index < -0.39 is 11.8 Å². The van der Waals surface area contributed by atoms with Crippen molar-refractivity contribution in [2.24, 2.45) is 0 Å². The van der Waals surface area contributed by atoms with Crippen LogP contribution in [-0.4, -0.2) is 42.9 Å². The lowest BCUT2D eigenvalue weighted by molar-refractivity contribution is -0.121. The summed E-state index contributed by atoms with van der Waals surface area (Å²) in [6.45, 7) is 2.64. The molecule has 1 fully saturated rings. The van der Waals surface area contributed by atoms with E-state index in [0.717, 1.165) is 23.7 Å². The molecular weight excluding hydrogens is 421 g/mol. The SMILES string of the molecule is O=C1C(Cl)=C(N2CCN(c3ccccc3)CC2)C(=O)N1c1ccc(Cl)c(Cl)c1. The van der Waals surface area contributed by atoms with E-state index in [2.05, 4.69) is 17.0 Å². The lowest BCUT2D eigenvalue weighted by Gasteiger charge is -2.37. The van der Waals surface area contributed by atoms with Gasteiger partial charge in [-0.15, -0.1) is 0 Å². The molecule has 144 valence electrons. The molecule has 0 aliphatic carbocycles. The minimum atomic E-state index is -0.550. The summed E-state index contributed by atoms with van der Waals surface area (Å²) in [5.74, 6) is -0.993. The van der Waals surface area contributed by atoms with E-state index in [1.807, 2.05) is 23.1 Å². The van der Waals surface area contributed by atoms with Gasteiger partial charge in [-0.05, 0) is 30.3 Å². The zero-order valence-corrected chi connectivity index (χ0v) is 17.0. The van der Waals surface area contributed by atoms with E-state index in [9.17, 15) is 9.59 Å². The second kappa shape index (κ2) is 7.66. The first kappa shape index (κ1) is 19.1. The normalized spacial score (nSPS) is 17.8. The van der Waals surface area contributed by atoms with Crippen molar-refractivity contribution in [3.8, 4) is 0 Å². The Bertz CT molecular complexity index is 970. The molecule has 0 bridgehead atoms. The number of hydrogen-bond acceptors (Lipinski definition) is 4. The number of piperazine rings is 1. The number of carbonyl (C=O) groups is 2. The summed E-state index contributed by atoms with van der Waals surface area (Å²) in [5, 5.41) is 0.547. The van der Waals surface area contributed by atoms with Crippen molar-refractivity contribution < 1.29 is 9.59 Å². The van der Waals surface area contributed by atoms with Crippen molar-refractivity contribution in [3.63, 3.8) is 0 Å². The highest BCUT2D eigenvalue weighted by atomic mass is 35.5. The van der Waals surface area contributed by atoms with Crippen molar-refractivity contribution in [2.45, 2.75) is 0 Å². The number of anilines is 2. The first-order valence-corrected chi connectivity index (χ1v) is 9.89. The fourth-order valence-corrected chi connectivity index (χ4v) is 4.03. The second-order valence-corrected chi connectivity index (χ2v) is 7.71. The number of amides is 2. The minimum Gasteiger partial charge on any atom is -0.368 e. The highest BCUT2D eigenvalue weighted by Crippen LogP contribution is 2.34. The van der Waals surface area contributed by atoms with Gasteiger partial charge in [-0.1, -0.05) is 53.0 Å². The molecule has 0 N–H and O–H groups in total. The molecule has 2 aliphatic rings. The predicted octanol–water partition coefficient (Wildman–Crippen LogP) is 4.14. The van der Waals surface area contributed by atoms with Crippen LogP contribution in [-0.2, 0) is 9.59 Å². The monoisotopic (exact) mass is 435 g/mol. The number of para-hydroxylation sites is 1. The van der Waals surface area contributed by atoms with Crippen LogP contribution in [0.3, 0.4) is 0 Å². The number of rotatable bonds is 3. The molecule has 0 atom stereocenters. The first-order chi connectivity index (χ1) is 13.5. The van der Waals surface area contributed by atoms with Crippen molar-refractivity contribution >= 4 is 58.0 Å². The van der Waals surface area contributed by atoms with Gasteiger partial charge in [0.25, 0.3) is 11.8 Å². The van der Waals surface area contributed by atoms with Gasteiger partial charge in [0, 0.05) is 31.9 Å². The molecule has 2 heterocycles. The van der Waals surface area contributed by atoms with Gasteiger partial charge in [-0.2, -0.15) is 0 Å². The fraction of sp³-hybridized carbons (Fsp3) is 0.200. The maximum absolute atomic E-state index is 13.0. The molecule has 28 heavy (non-hydrogen) atoms. The molecule has 2 aromatic carbocycles. The summed E-state index contributed by atoms with van der Waals surface area (Å²) in [6.07, 6.45) is 0. The van der Waals surface area contributed by atoms with Crippen LogP contribution in [0.15, 0.2) is 59.3 Å². The van der Waals surface area contributed by atoms with E-state index in [0.29, 0.717) is 23.8 Å². The topological polar surface area (TPSA) is 43.9 Å². The van der Waals surface area contributed by atoms with Crippen LogP contribution < -0.4 is 9.80 Å². The molecule has 2 aliphatic heterocycles. The van der Waals surface area contributed by atoms with Gasteiger partial charge in [-0.3, -0.25) is 9.59 Å². The predicted molar refractivity (Wildman–Crippen MR) is 112 cm³/mol. The highest BCUT2D eigenvalue weighted by molar-refractivity contribution is 6.52. The average Bonchev–Trinajstić information content (AvgIpc) is 2.94. The fourth-order valence-electron chi connectivity index (χ4n) is 3.45. The van der Waals surface area contributed by atoms with E-state index in [1.165, 1.54) is 6.07 Å². The molecule has 0 aromatic heterocycles. The third-order valence-corrected chi connectivity index (χ3v) is 5.96.